The molecule has 0 saturated heterocycles. The maximum atomic E-state index is 12.3. The van der Waals surface area contributed by atoms with Crippen molar-refractivity contribution in [2.24, 2.45) is 5.10 Å². The summed E-state index contributed by atoms with van der Waals surface area (Å²) in [7, 11) is 0. The van der Waals surface area contributed by atoms with Gasteiger partial charge in [0.2, 0.25) is 5.95 Å². The zero-order valence-electron chi connectivity index (χ0n) is 17.0. The Morgan fingerprint density at radius 3 is 2.75 bits per heavy atom. The molecule has 9 heteroatoms. The highest BCUT2D eigenvalue weighted by atomic mass is 79.9. The minimum Gasteiger partial charge on any atom is -0.493 e. The van der Waals surface area contributed by atoms with Gasteiger partial charge in [-0.1, -0.05) is 46.3 Å². The Hall–Kier alpha value is -3.95. The standard InChI is InChI=1S/C23H19BrN6O2/c24-18-9-10-20(32-12-6-2-5-11-25)17(13-18)15-27-30-23-28-21(16-7-3-1-4-8-16)19(14-26)22(31)29-23/h1,3-4,7-10,13,15H,2,5-6,12H2,(H2,28,29,30,31). The third kappa shape index (κ3) is 6.03. The summed E-state index contributed by atoms with van der Waals surface area (Å²) in [6.45, 7) is 0.489. The number of aromatic nitrogens is 2. The van der Waals surface area contributed by atoms with Crippen LogP contribution in [0.25, 0.3) is 11.3 Å². The molecule has 0 aliphatic rings. The molecule has 0 aliphatic heterocycles. The van der Waals surface area contributed by atoms with Crippen LogP contribution in [0.3, 0.4) is 0 Å². The summed E-state index contributed by atoms with van der Waals surface area (Å²) in [5.41, 5.74) is 3.74. The van der Waals surface area contributed by atoms with Gasteiger partial charge in [-0.3, -0.25) is 9.78 Å². The summed E-state index contributed by atoms with van der Waals surface area (Å²) in [6.07, 6.45) is 3.61. The molecule has 2 N–H and O–H groups in total. The zero-order valence-corrected chi connectivity index (χ0v) is 18.6. The van der Waals surface area contributed by atoms with Crippen LogP contribution in [0.15, 0.2) is 62.9 Å². The van der Waals surface area contributed by atoms with Crippen molar-refractivity contribution in [3.63, 3.8) is 0 Å². The average molecular weight is 491 g/mol. The molecule has 1 aromatic heterocycles. The first kappa shape index (κ1) is 22.7. The molecule has 3 rings (SSSR count). The SMILES string of the molecule is N#CCCCCOc1ccc(Br)cc1C=NNc1nc(-c2ccccc2)c(C#N)c(=O)[nH]1. The van der Waals surface area contributed by atoms with E-state index in [1.165, 1.54) is 0 Å². The number of aromatic amines is 1. The van der Waals surface area contributed by atoms with Gasteiger partial charge in [0.25, 0.3) is 5.56 Å². The largest absolute Gasteiger partial charge is 0.493 e. The third-order valence-electron chi connectivity index (χ3n) is 4.36. The highest BCUT2D eigenvalue weighted by Gasteiger charge is 2.13. The predicted octanol–water partition coefficient (Wildman–Crippen LogP) is 4.59. The van der Waals surface area contributed by atoms with Crippen LogP contribution in [-0.2, 0) is 0 Å². The van der Waals surface area contributed by atoms with E-state index in [1.807, 2.05) is 30.3 Å². The second-order valence-electron chi connectivity index (χ2n) is 6.63. The number of rotatable bonds is 9. The number of anilines is 1. The fraction of sp³-hybridized carbons (Fsp3) is 0.174. The first-order valence-electron chi connectivity index (χ1n) is 9.80. The van der Waals surface area contributed by atoms with Crippen LogP contribution < -0.4 is 15.7 Å². The summed E-state index contributed by atoms with van der Waals surface area (Å²) in [5, 5.41) is 22.1. The smallest absolute Gasteiger partial charge is 0.270 e. The molecular weight excluding hydrogens is 472 g/mol. The molecule has 0 saturated carbocycles. The van der Waals surface area contributed by atoms with Gasteiger partial charge in [0.05, 0.1) is 24.6 Å². The lowest BCUT2D eigenvalue weighted by atomic mass is 10.1. The van der Waals surface area contributed by atoms with E-state index < -0.39 is 5.56 Å². The Kier molecular flexibility index (Phi) is 8.13. The number of hydrogen-bond donors (Lipinski definition) is 2. The van der Waals surface area contributed by atoms with Crippen molar-refractivity contribution in [3.8, 4) is 29.1 Å². The van der Waals surface area contributed by atoms with E-state index in [-0.39, 0.29) is 17.2 Å². The fourth-order valence-corrected chi connectivity index (χ4v) is 3.22. The van der Waals surface area contributed by atoms with Crippen molar-refractivity contribution in [3.05, 3.63) is 74.5 Å². The highest BCUT2D eigenvalue weighted by Crippen LogP contribution is 2.23. The minimum absolute atomic E-state index is 0.0650. The van der Waals surface area contributed by atoms with Crippen molar-refractivity contribution in [1.29, 1.82) is 10.5 Å². The number of nitrogens with one attached hydrogen (secondary N) is 2. The second kappa shape index (κ2) is 11.4. The van der Waals surface area contributed by atoms with Crippen LogP contribution in [0.1, 0.15) is 30.4 Å². The van der Waals surface area contributed by atoms with E-state index in [1.54, 1.807) is 30.5 Å². The first-order valence-corrected chi connectivity index (χ1v) is 10.6. The van der Waals surface area contributed by atoms with Gasteiger partial charge in [-0.05, 0) is 31.0 Å². The Morgan fingerprint density at radius 2 is 2.00 bits per heavy atom. The van der Waals surface area contributed by atoms with Crippen LogP contribution in [0.4, 0.5) is 5.95 Å². The van der Waals surface area contributed by atoms with Crippen LogP contribution in [0.5, 0.6) is 5.75 Å². The van der Waals surface area contributed by atoms with Crippen molar-refractivity contribution < 1.29 is 4.74 Å². The number of nitrogens with zero attached hydrogens (tertiary/aromatic N) is 4. The van der Waals surface area contributed by atoms with Crippen molar-refractivity contribution in [2.75, 3.05) is 12.0 Å². The lowest BCUT2D eigenvalue weighted by molar-refractivity contribution is 0.307. The molecular formula is C23H19BrN6O2. The van der Waals surface area contributed by atoms with E-state index in [0.717, 1.165) is 17.3 Å². The van der Waals surface area contributed by atoms with E-state index >= 15 is 0 Å². The molecule has 0 amide bonds. The van der Waals surface area contributed by atoms with E-state index in [0.29, 0.717) is 29.9 Å². The lowest BCUT2D eigenvalue weighted by Gasteiger charge is -2.09. The molecule has 0 atom stereocenters. The van der Waals surface area contributed by atoms with Gasteiger partial charge in [0.15, 0.2) is 0 Å². The number of ether oxygens (including phenoxy) is 1. The molecule has 0 spiro atoms. The van der Waals surface area contributed by atoms with Crippen LogP contribution >= 0.6 is 15.9 Å². The maximum Gasteiger partial charge on any atom is 0.270 e. The van der Waals surface area contributed by atoms with Gasteiger partial charge < -0.3 is 4.74 Å². The number of unbranched alkanes of at least 4 members (excludes halogenated alkanes) is 2. The van der Waals surface area contributed by atoms with Gasteiger partial charge in [0.1, 0.15) is 17.4 Å². The van der Waals surface area contributed by atoms with Gasteiger partial charge in [0, 0.05) is 22.0 Å². The first-order chi connectivity index (χ1) is 15.6. The Morgan fingerprint density at radius 1 is 1.19 bits per heavy atom. The number of hydrazone groups is 1. The molecule has 160 valence electrons. The topological polar surface area (TPSA) is 127 Å². The van der Waals surface area contributed by atoms with Gasteiger partial charge in [-0.25, -0.2) is 10.4 Å². The summed E-state index contributed by atoms with van der Waals surface area (Å²) >= 11 is 3.43. The molecule has 1 heterocycles. The highest BCUT2D eigenvalue weighted by molar-refractivity contribution is 9.10. The monoisotopic (exact) mass is 490 g/mol. The number of hydrogen-bond acceptors (Lipinski definition) is 7. The van der Waals surface area contributed by atoms with E-state index in [9.17, 15) is 10.1 Å². The van der Waals surface area contributed by atoms with Crippen molar-refractivity contribution in [1.82, 2.24) is 9.97 Å². The quantitative estimate of drug-likeness (QED) is 0.256. The van der Waals surface area contributed by atoms with Crippen molar-refractivity contribution >= 4 is 28.1 Å². The fourth-order valence-electron chi connectivity index (χ4n) is 2.84. The van der Waals surface area contributed by atoms with Crippen molar-refractivity contribution in [2.45, 2.75) is 19.3 Å². The second-order valence-corrected chi connectivity index (χ2v) is 7.55. The molecule has 0 fully saturated rings. The Labute approximate surface area is 193 Å². The van der Waals surface area contributed by atoms with Gasteiger partial charge in [-0.2, -0.15) is 15.6 Å². The molecule has 0 bridgehead atoms. The molecule has 0 radical (unpaired) electrons. The maximum absolute atomic E-state index is 12.3. The third-order valence-corrected chi connectivity index (χ3v) is 4.86. The summed E-state index contributed by atoms with van der Waals surface area (Å²) in [6, 6.07) is 18.6. The Bertz CT molecular complexity index is 1240. The summed E-state index contributed by atoms with van der Waals surface area (Å²) < 4.78 is 6.66. The van der Waals surface area contributed by atoms with E-state index in [4.69, 9.17) is 10.00 Å². The molecule has 0 unspecified atom stereocenters. The normalized spacial score (nSPS) is 10.5. The number of nitriles is 2. The van der Waals surface area contributed by atoms with Gasteiger partial charge >= 0.3 is 0 Å². The summed E-state index contributed by atoms with van der Waals surface area (Å²) in [4.78, 5) is 19.2. The van der Waals surface area contributed by atoms with Gasteiger partial charge in [-0.15, -0.1) is 0 Å². The number of halogens is 1. The predicted molar refractivity (Wildman–Crippen MR) is 125 cm³/mol. The van der Waals surface area contributed by atoms with Crippen LogP contribution in [0.2, 0.25) is 0 Å². The minimum atomic E-state index is -0.553. The average Bonchev–Trinajstić information content (AvgIpc) is 2.80. The van der Waals surface area contributed by atoms with E-state index in [2.05, 4.69) is 42.5 Å². The molecule has 8 nitrogen and oxygen atoms in total. The molecule has 2 aromatic carbocycles. The number of H-pyrrole nitrogens is 1. The van der Waals surface area contributed by atoms with Crippen LogP contribution in [-0.4, -0.2) is 22.8 Å². The molecule has 3 aromatic rings. The zero-order chi connectivity index (χ0) is 22.8. The Balaban J connectivity index is 1.79. The molecule has 0 aliphatic carbocycles. The number of benzene rings is 2. The summed E-state index contributed by atoms with van der Waals surface area (Å²) in [5.74, 6) is 0.750. The lowest BCUT2D eigenvalue weighted by Crippen LogP contribution is -2.16. The van der Waals surface area contributed by atoms with Crippen LogP contribution in [0, 0.1) is 22.7 Å². The molecule has 32 heavy (non-hydrogen) atoms.